The van der Waals surface area contributed by atoms with Gasteiger partial charge in [0.1, 0.15) is 6.61 Å². The molecule has 0 fully saturated rings. The van der Waals surface area contributed by atoms with E-state index in [9.17, 15) is 0 Å². The second-order valence-corrected chi connectivity index (χ2v) is 2.92. The van der Waals surface area contributed by atoms with Gasteiger partial charge in [-0.2, -0.15) is 0 Å². The predicted molar refractivity (Wildman–Crippen MR) is 59.1 cm³/mol. The highest BCUT2D eigenvalue weighted by atomic mass is 17.1. The zero-order valence-electron chi connectivity index (χ0n) is 9.08. The minimum absolute atomic E-state index is 0.0959. The number of hydrogen-bond donors (Lipinski definition) is 1. The van der Waals surface area contributed by atoms with E-state index in [1.807, 2.05) is 6.92 Å². The van der Waals surface area contributed by atoms with Crippen molar-refractivity contribution in [3.05, 3.63) is 11.3 Å². The Hall–Kier alpha value is -1.00. The fraction of sp³-hybridized carbons (Fsp3) is 0.600. The van der Waals surface area contributed by atoms with E-state index in [-0.39, 0.29) is 6.61 Å². The average molecular weight is 198 g/mol. The number of hydrogen-bond acceptors (Lipinski definition) is 4. The first-order chi connectivity index (χ1) is 6.71. The number of allylic oxidation sites excluding steroid dienone is 1. The molecule has 0 saturated heterocycles. The van der Waals surface area contributed by atoms with E-state index in [4.69, 9.17) is 5.26 Å². The first-order valence-corrected chi connectivity index (χ1v) is 4.60. The van der Waals surface area contributed by atoms with Crippen LogP contribution < -0.4 is 0 Å². The van der Waals surface area contributed by atoms with Crippen molar-refractivity contribution in [3.8, 4) is 0 Å². The topological polar surface area (TPSA) is 54.2 Å². The molecular formula is C10H18N2O2. The molecule has 0 atom stereocenters. The molecule has 1 N–H and O–H groups in total. The van der Waals surface area contributed by atoms with Crippen LogP contribution in [0.25, 0.3) is 0 Å². The second kappa shape index (κ2) is 7.41. The first-order valence-electron chi connectivity index (χ1n) is 4.60. The molecule has 0 unspecified atom stereocenters. The van der Waals surface area contributed by atoms with Crippen LogP contribution in [0.4, 0.5) is 0 Å². The summed E-state index contributed by atoms with van der Waals surface area (Å²) in [5, 5.41) is 8.39. The molecule has 0 heterocycles. The van der Waals surface area contributed by atoms with Gasteiger partial charge in [0.2, 0.25) is 0 Å². The molecule has 0 rings (SSSR count). The lowest BCUT2D eigenvalue weighted by Gasteiger charge is -2.09. The largest absolute Gasteiger partial charge is 0.290 e. The van der Waals surface area contributed by atoms with Crippen molar-refractivity contribution in [3.63, 3.8) is 0 Å². The Bertz CT molecular complexity index is 245. The van der Waals surface area contributed by atoms with Gasteiger partial charge in [0.15, 0.2) is 0 Å². The third-order valence-corrected chi connectivity index (χ3v) is 1.99. The van der Waals surface area contributed by atoms with E-state index in [0.29, 0.717) is 0 Å². The molecule has 0 saturated carbocycles. The quantitative estimate of drug-likeness (QED) is 0.404. The Morgan fingerprint density at radius 3 is 2.50 bits per heavy atom. The Balaban J connectivity index is 4.88. The summed E-state index contributed by atoms with van der Waals surface area (Å²) in [4.78, 5) is 12.0. The molecule has 4 nitrogen and oxygen atoms in total. The lowest BCUT2D eigenvalue weighted by atomic mass is 10.0. The summed E-state index contributed by atoms with van der Waals surface area (Å²) in [5.41, 5.74) is 2.56. The molecule has 0 aromatic carbocycles. The summed E-state index contributed by atoms with van der Waals surface area (Å²) >= 11 is 0. The lowest BCUT2D eigenvalue weighted by molar-refractivity contribution is -0.227. The Morgan fingerprint density at radius 1 is 1.50 bits per heavy atom. The van der Waals surface area contributed by atoms with Crippen LogP contribution in [-0.2, 0) is 4.89 Å². The third kappa shape index (κ3) is 3.81. The molecule has 0 aliphatic rings. The molecule has 0 aromatic heterocycles. The average Bonchev–Trinajstić information content (AvgIpc) is 2.22. The maximum atomic E-state index is 8.39. The lowest BCUT2D eigenvalue weighted by Crippen LogP contribution is -2.12. The van der Waals surface area contributed by atoms with Gasteiger partial charge < -0.3 is 0 Å². The molecule has 0 bridgehead atoms. The van der Waals surface area contributed by atoms with Crippen molar-refractivity contribution in [2.45, 2.75) is 26.7 Å². The summed E-state index contributed by atoms with van der Waals surface area (Å²) in [5.74, 6) is 0. The van der Waals surface area contributed by atoms with E-state index in [0.717, 1.165) is 29.8 Å². The summed E-state index contributed by atoms with van der Waals surface area (Å²) in [7, 11) is 1.67. The van der Waals surface area contributed by atoms with Crippen LogP contribution in [-0.4, -0.2) is 31.3 Å². The van der Waals surface area contributed by atoms with Gasteiger partial charge in [-0.3, -0.25) is 15.2 Å². The van der Waals surface area contributed by atoms with Crippen molar-refractivity contribution in [1.82, 2.24) is 0 Å². The Labute approximate surface area is 85.0 Å². The maximum Gasteiger partial charge on any atom is 0.124 e. The zero-order valence-corrected chi connectivity index (χ0v) is 9.08. The highest BCUT2D eigenvalue weighted by Gasteiger charge is 2.09. The van der Waals surface area contributed by atoms with E-state index < -0.39 is 0 Å². The van der Waals surface area contributed by atoms with Crippen LogP contribution in [0.2, 0.25) is 0 Å². The van der Waals surface area contributed by atoms with Crippen LogP contribution in [0.5, 0.6) is 0 Å². The van der Waals surface area contributed by atoms with Crippen LogP contribution in [0, 0.1) is 0 Å². The van der Waals surface area contributed by atoms with Crippen LogP contribution in [0.1, 0.15) is 26.7 Å². The minimum Gasteiger partial charge on any atom is -0.290 e. The minimum atomic E-state index is 0.0959. The SMILES string of the molecule is C=N/C(C)=C(/CCC)C(COO)=NC. The fourth-order valence-electron chi connectivity index (χ4n) is 1.23. The predicted octanol–water partition coefficient (Wildman–Crippen LogP) is 2.32. The van der Waals surface area contributed by atoms with Crippen molar-refractivity contribution < 1.29 is 10.1 Å². The van der Waals surface area contributed by atoms with E-state index >= 15 is 0 Å². The molecule has 0 aliphatic carbocycles. The zero-order chi connectivity index (χ0) is 11.0. The van der Waals surface area contributed by atoms with Crippen LogP contribution in [0.15, 0.2) is 21.3 Å². The molecule has 0 radical (unpaired) electrons. The highest BCUT2D eigenvalue weighted by Crippen LogP contribution is 2.14. The number of rotatable bonds is 6. The summed E-state index contributed by atoms with van der Waals surface area (Å²) < 4.78 is 0. The van der Waals surface area contributed by atoms with Crippen molar-refractivity contribution in [2.75, 3.05) is 13.7 Å². The van der Waals surface area contributed by atoms with Gasteiger partial charge in [0.25, 0.3) is 0 Å². The molecule has 0 aliphatic heterocycles. The third-order valence-electron chi connectivity index (χ3n) is 1.99. The van der Waals surface area contributed by atoms with Gasteiger partial charge >= 0.3 is 0 Å². The molecule has 4 heteroatoms. The van der Waals surface area contributed by atoms with Crippen molar-refractivity contribution >= 4 is 12.4 Å². The van der Waals surface area contributed by atoms with Gasteiger partial charge in [0.05, 0.1) is 5.71 Å². The molecule has 14 heavy (non-hydrogen) atoms. The molecule has 0 aromatic rings. The van der Waals surface area contributed by atoms with Gasteiger partial charge in [-0.1, -0.05) is 13.3 Å². The summed E-state index contributed by atoms with van der Waals surface area (Å²) in [6, 6.07) is 0. The van der Waals surface area contributed by atoms with Crippen LogP contribution in [0.3, 0.4) is 0 Å². The van der Waals surface area contributed by atoms with E-state index in [2.05, 4.69) is 28.5 Å². The normalized spacial score (nSPS) is 13.9. The Kier molecular flexibility index (Phi) is 6.88. The van der Waals surface area contributed by atoms with Crippen molar-refractivity contribution in [1.29, 1.82) is 0 Å². The van der Waals surface area contributed by atoms with Gasteiger partial charge in [-0.05, 0) is 25.6 Å². The van der Waals surface area contributed by atoms with Gasteiger partial charge in [-0.25, -0.2) is 4.89 Å². The van der Waals surface area contributed by atoms with Crippen molar-refractivity contribution in [2.24, 2.45) is 9.98 Å². The Morgan fingerprint density at radius 2 is 2.14 bits per heavy atom. The highest BCUT2D eigenvalue weighted by molar-refractivity contribution is 6.01. The van der Waals surface area contributed by atoms with E-state index in [1.165, 1.54) is 0 Å². The smallest absolute Gasteiger partial charge is 0.124 e. The summed E-state index contributed by atoms with van der Waals surface area (Å²) in [6.07, 6.45) is 1.85. The number of aliphatic imine (C=N–C) groups is 2. The molecule has 80 valence electrons. The second-order valence-electron chi connectivity index (χ2n) is 2.92. The fourth-order valence-corrected chi connectivity index (χ4v) is 1.23. The molecular weight excluding hydrogens is 180 g/mol. The van der Waals surface area contributed by atoms with Crippen LogP contribution >= 0.6 is 0 Å². The maximum absolute atomic E-state index is 8.39. The number of nitrogens with zero attached hydrogens (tertiary/aromatic N) is 2. The molecule has 0 spiro atoms. The molecule has 0 amide bonds. The first kappa shape index (κ1) is 13.0. The monoisotopic (exact) mass is 198 g/mol. The summed E-state index contributed by atoms with van der Waals surface area (Å²) in [6.45, 7) is 7.52. The van der Waals surface area contributed by atoms with E-state index in [1.54, 1.807) is 7.05 Å². The van der Waals surface area contributed by atoms with Gasteiger partial charge in [-0.15, -0.1) is 0 Å². The standard InChI is InChI=1S/C10H18N2O2/c1-5-6-9(8(2)11-3)10(12-4)7-14-13/h13H,3,5-7H2,1-2,4H3/b9-8-,12-10?. The van der Waals surface area contributed by atoms with Gasteiger partial charge in [0, 0.05) is 12.7 Å².